The molecule has 1 heterocycles. The van der Waals surface area contributed by atoms with E-state index in [0.717, 1.165) is 36.3 Å². The summed E-state index contributed by atoms with van der Waals surface area (Å²) in [6.07, 6.45) is 0. The molecule has 2 nitrogen and oxygen atoms in total. The van der Waals surface area contributed by atoms with Crippen LogP contribution in [0.25, 0.3) is 37.2 Å². The van der Waals surface area contributed by atoms with Gasteiger partial charge in [-0.1, -0.05) is 82.3 Å². The molecule has 0 aliphatic carbocycles. The lowest BCUT2D eigenvalue weighted by atomic mass is 10.0. The number of carbonyl (C=O) groups is 1. The average Bonchev–Trinajstić information content (AvgIpc) is 3.20. The van der Waals surface area contributed by atoms with Gasteiger partial charge in [-0.05, 0) is 33.7 Å². The molecule has 28 heavy (non-hydrogen) atoms. The molecule has 0 amide bonds. The van der Waals surface area contributed by atoms with Crippen LogP contribution in [-0.2, 0) is 0 Å². The van der Waals surface area contributed by atoms with Gasteiger partial charge in [0.15, 0.2) is 5.43 Å². The van der Waals surface area contributed by atoms with E-state index in [4.69, 9.17) is 0 Å². The number of carbonyl (C=O) groups excluding carboxylic acids is 1. The van der Waals surface area contributed by atoms with Crippen molar-refractivity contribution < 1.29 is 4.79 Å². The van der Waals surface area contributed by atoms with Gasteiger partial charge in [-0.2, -0.15) is 0 Å². The summed E-state index contributed by atoms with van der Waals surface area (Å²) in [7, 11) is 0. The van der Waals surface area contributed by atoms with Crippen molar-refractivity contribution in [3.05, 3.63) is 92.2 Å². The molecule has 0 saturated heterocycles. The first kappa shape index (κ1) is 16.3. The summed E-state index contributed by atoms with van der Waals surface area (Å²) in [5, 5.41) is 5.97. The minimum absolute atomic E-state index is 0.0518. The van der Waals surface area contributed by atoms with E-state index >= 15 is 0 Å². The monoisotopic (exact) mass is 442 g/mol. The van der Waals surface area contributed by atoms with E-state index in [2.05, 4.69) is 15.9 Å². The number of ketones is 1. The largest absolute Gasteiger partial charge is 0.289 e. The molecule has 0 aromatic heterocycles. The summed E-state index contributed by atoms with van der Waals surface area (Å²) in [6, 6.07) is 21.5. The minimum Gasteiger partial charge on any atom is -0.289 e. The molecule has 4 heteroatoms. The highest BCUT2D eigenvalue weighted by molar-refractivity contribution is 9.10. The van der Waals surface area contributed by atoms with Crippen molar-refractivity contribution in [3.63, 3.8) is 0 Å². The third-order valence-corrected chi connectivity index (χ3v) is 7.34. The summed E-state index contributed by atoms with van der Waals surface area (Å²) < 4.78 is 0.951. The number of fused-ring (bicyclic) bond motifs is 3. The molecule has 0 fully saturated rings. The van der Waals surface area contributed by atoms with Crippen molar-refractivity contribution >= 4 is 70.7 Å². The molecule has 0 atom stereocenters. The number of Topliss-reactive ketones (excluding diaryl/α,β-unsaturated/α-hetero) is 1. The molecule has 5 aromatic carbocycles. The Morgan fingerprint density at radius 3 is 2.39 bits per heavy atom. The van der Waals surface area contributed by atoms with E-state index in [0.29, 0.717) is 21.1 Å². The van der Waals surface area contributed by atoms with Crippen molar-refractivity contribution in [1.82, 2.24) is 0 Å². The van der Waals surface area contributed by atoms with Crippen molar-refractivity contribution in [2.45, 2.75) is 4.90 Å². The Morgan fingerprint density at radius 2 is 1.50 bits per heavy atom. The molecule has 132 valence electrons. The van der Waals surface area contributed by atoms with Gasteiger partial charge in [0, 0.05) is 30.9 Å². The summed E-state index contributed by atoms with van der Waals surface area (Å²) in [5.41, 5.74) is 0.648. The molecular weight excluding hydrogens is 432 g/mol. The molecular formula is C24H11BrO2S. The topological polar surface area (TPSA) is 34.1 Å². The SMILES string of the molecule is O=C1/C(=c2/c(=O)c3cccc4c(Br)ccc2c43)Sc2ccc3ccccc3c21. The van der Waals surface area contributed by atoms with Crippen LogP contribution in [0.2, 0.25) is 0 Å². The first-order chi connectivity index (χ1) is 13.6. The van der Waals surface area contributed by atoms with Gasteiger partial charge in [-0.3, -0.25) is 9.59 Å². The Bertz CT molecular complexity index is 1590. The fraction of sp³-hybridized carbons (Fsp3) is 0. The van der Waals surface area contributed by atoms with Crippen LogP contribution in [0.3, 0.4) is 0 Å². The smallest absolute Gasteiger partial charge is 0.202 e. The van der Waals surface area contributed by atoms with Crippen LogP contribution >= 0.6 is 27.7 Å². The fourth-order valence-corrected chi connectivity index (χ4v) is 5.88. The van der Waals surface area contributed by atoms with E-state index in [1.165, 1.54) is 11.8 Å². The number of thioether (sulfide) groups is 1. The molecule has 5 aromatic rings. The Hall–Kier alpha value is -2.69. The molecule has 0 unspecified atom stereocenters. The van der Waals surface area contributed by atoms with Gasteiger partial charge < -0.3 is 0 Å². The lowest BCUT2D eigenvalue weighted by Crippen LogP contribution is -2.23. The zero-order chi connectivity index (χ0) is 19.0. The average molecular weight is 443 g/mol. The quantitative estimate of drug-likeness (QED) is 0.316. The Morgan fingerprint density at radius 1 is 0.714 bits per heavy atom. The molecule has 0 radical (unpaired) electrons. The number of hydrogen-bond donors (Lipinski definition) is 0. The van der Waals surface area contributed by atoms with Gasteiger partial charge in [0.2, 0.25) is 5.78 Å². The highest BCUT2D eigenvalue weighted by atomic mass is 79.9. The van der Waals surface area contributed by atoms with E-state index in [9.17, 15) is 9.59 Å². The first-order valence-corrected chi connectivity index (χ1v) is 10.5. The van der Waals surface area contributed by atoms with Gasteiger partial charge in [-0.15, -0.1) is 0 Å². The van der Waals surface area contributed by atoms with E-state index < -0.39 is 0 Å². The minimum atomic E-state index is -0.0633. The predicted molar refractivity (Wildman–Crippen MR) is 119 cm³/mol. The van der Waals surface area contributed by atoms with Crippen LogP contribution in [0.1, 0.15) is 10.4 Å². The Balaban J connectivity index is 1.78. The van der Waals surface area contributed by atoms with Gasteiger partial charge in [-0.25, -0.2) is 0 Å². The van der Waals surface area contributed by atoms with Crippen molar-refractivity contribution in [1.29, 1.82) is 0 Å². The van der Waals surface area contributed by atoms with Gasteiger partial charge in [0.25, 0.3) is 0 Å². The van der Waals surface area contributed by atoms with E-state index in [1.54, 1.807) is 0 Å². The maximum Gasteiger partial charge on any atom is 0.202 e. The zero-order valence-electron chi connectivity index (χ0n) is 14.5. The molecule has 1 aliphatic heterocycles. The van der Waals surface area contributed by atoms with E-state index in [-0.39, 0.29) is 11.2 Å². The zero-order valence-corrected chi connectivity index (χ0v) is 16.9. The number of hydrogen-bond acceptors (Lipinski definition) is 3. The molecule has 1 aliphatic rings. The molecule has 0 N–H and O–H groups in total. The van der Waals surface area contributed by atoms with Crippen LogP contribution in [0.15, 0.2) is 80.9 Å². The second-order valence-corrected chi connectivity index (χ2v) is 8.85. The molecule has 0 saturated carbocycles. The molecule has 0 bridgehead atoms. The second kappa shape index (κ2) is 5.66. The Labute approximate surface area is 172 Å². The number of rotatable bonds is 0. The summed E-state index contributed by atoms with van der Waals surface area (Å²) in [4.78, 5) is 28.2. The lowest BCUT2D eigenvalue weighted by Gasteiger charge is -2.02. The summed E-state index contributed by atoms with van der Waals surface area (Å²) in [6.45, 7) is 0. The maximum atomic E-state index is 13.4. The van der Waals surface area contributed by atoms with Crippen molar-refractivity contribution in [2.75, 3.05) is 0 Å². The molecule has 6 rings (SSSR count). The fourth-order valence-electron chi connectivity index (χ4n) is 4.26. The standard InChI is InChI=1S/C24H11BrO2S/c25-17-10-9-15-19-14(17)6-3-7-16(19)22(26)21(15)24-23(27)20-13-5-2-1-4-12(13)8-11-18(20)28-24/h1-11H/b24-21-. The van der Waals surface area contributed by atoms with E-state index in [1.807, 2.05) is 66.7 Å². The normalized spacial score (nSPS) is 15.8. The third kappa shape index (κ3) is 1.99. The summed E-state index contributed by atoms with van der Waals surface area (Å²) in [5.74, 6) is -0.0518. The molecule has 0 spiro atoms. The lowest BCUT2D eigenvalue weighted by molar-refractivity contribution is 0.106. The number of benzene rings is 4. The van der Waals surface area contributed by atoms with Gasteiger partial charge in [0.1, 0.15) is 0 Å². The predicted octanol–water partition coefficient (Wildman–Crippen LogP) is 5.52. The highest BCUT2D eigenvalue weighted by Crippen LogP contribution is 2.44. The maximum absolute atomic E-state index is 13.4. The van der Waals surface area contributed by atoms with Crippen LogP contribution in [0.4, 0.5) is 0 Å². The van der Waals surface area contributed by atoms with Gasteiger partial charge in [0.05, 0.1) is 4.91 Å². The number of halogens is 1. The van der Waals surface area contributed by atoms with Crippen molar-refractivity contribution in [3.8, 4) is 0 Å². The van der Waals surface area contributed by atoms with Crippen LogP contribution < -0.4 is 10.6 Å². The second-order valence-electron chi connectivity index (χ2n) is 6.95. The van der Waals surface area contributed by atoms with Crippen LogP contribution in [0, 0.1) is 0 Å². The Kier molecular flexibility index (Phi) is 3.29. The first-order valence-electron chi connectivity index (χ1n) is 8.90. The van der Waals surface area contributed by atoms with Gasteiger partial charge >= 0.3 is 0 Å². The van der Waals surface area contributed by atoms with Crippen LogP contribution in [0.5, 0.6) is 0 Å². The van der Waals surface area contributed by atoms with Crippen LogP contribution in [-0.4, -0.2) is 5.78 Å². The van der Waals surface area contributed by atoms with Crippen molar-refractivity contribution in [2.24, 2.45) is 0 Å². The summed E-state index contributed by atoms with van der Waals surface area (Å²) >= 11 is 5.00. The highest BCUT2D eigenvalue weighted by Gasteiger charge is 2.30. The third-order valence-electron chi connectivity index (χ3n) is 5.49.